The number of benzene rings is 2. The van der Waals surface area contributed by atoms with Crippen LogP contribution in [0.5, 0.6) is 23.0 Å². The summed E-state index contributed by atoms with van der Waals surface area (Å²) in [6.45, 7) is 0. The maximum absolute atomic E-state index is 12.9. The SMILES string of the molecule is COc1ccc(OC)c2c1C(=O)C(Cl)=C(Oc1cccc(O)c1)C2=O. The van der Waals surface area contributed by atoms with Crippen LogP contribution in [0.15, 0.2) is 47.2 Å². The molecule has 25 heavy (non-hydrogen) atoms. The molecule has 0 aromatic heterocycles. The number of Topliss-reactive ketones (excluding diaryl/α,β-unsaturated/α-hetero) is 2. The largest absolute Gasteiger partial charge is 0.508 e. The zero-order valence-corrected chi connectivity index (χ0v) is 14.1. The summed E-state index contributed by atoms with van der Waals surface area (Å²) >= 11 is 6.10. The minimum Gasteiger partial charge on any atom is -0.508 e. The maximum Gasteiger partial charge on any atom is 0.234 e. The van der Waals surface area contributed by atoms with Crippen molar-refractivity contribution in [1.29, 1.82) is 0 Å². The highest BCUT2D eigenvalue weighted by Crippen LogP contribution is 2.39. The number of halogens is 1. The van der Waals surface area contributed by atoms with Crippen molar-refractivity contribution in [3.63, 3.8) is 0 Å². The molecule has 6 nitrogen and oxygen atoms in total. The van der Waals surface area contributed by atoms with E-state index in [1.165, 1.54) is 50.6 Å². The molecule has 1 N–H and O–H groups in total. The van der Waals surface area contributed by atoms with Crippen LogP contribution in [0.1, 0.15) is 20.7 Å². The molecule has 0 fully saturated rings. The Hall–Kier alpha value is -2.99. The smallest absolute Gasteiger partial charge is 0.234 e. The van der Waals surface area contributed by atoms with E-state index in [1.54, 1.807) is 0 Å². The number of phenols is 1. The van der Waals surface area contributed by atoms with Crippen molar-refractivity contribution in [1.82, 2.24) is 0 Å². The van der Waals surface area contributed by atoms with Gasteiger partial charge in [-0.25, -0.2) is 0 Å². The van der Waals surface area contributed by atoms with E-state index in [1.807, 2.05) is 0 Å². The fourth-order valence-corrected chi connectivity index (χ4v) is 2.76. The molecular formula is C18H13ClO6. The molecule has 0 saturated carbocycles. The first-order chi connectivity index (χ1) is 12.0. The number of rotatable bonds is 4. The van der Waals surface area contributed by atoms with Crippen LogP contribution < -0.4 is 14.2 Å². The topological polar surface area (TPSA) is 82.1 Å². The molecule has 0 atom stereocenters. The molecule has 0 heterocycles. The lowest BCUT2D eigenvalue weighted by atomic mass is 9.91. The van der Waals surface area contributed by atoms with Gasteiger partial charge in [-0.2, -0.15) is 0 Å². The Balaban J connectivity index is 2.14. The number of aromatic hydroxyl groups is 1. The summed E-state index contributed by atoms with van der Waals surface area (Å²) in [6, 6.07) is 8.84. The number of hydrogen-bond acceptors (Lipinski definition) is 6. The Bertz CT molecular complexity index is 916. The van der Waals surface area contributed by atoms with Crippen molar-refractivity contribution in [3.05, 3.63) is 58.3 Å². The van der Waals surface area contributed by atoms with Crippen LogP contribution in [0.2, 0.25) is 0 Å². The maximum atomic E-state index is 12.9. The second-order valence-corrected chi connectivity index (χ2v) is 5.50. The Morgan fingerprint density at radius 3 is 2.08 bits per heavy atom. The third kappa shape index (κ3) is 2.81. The summed E-state index contributed by atoms with van der Waals surface area (Å²) in [5, 5.41) is 9.15. The summed E-state index contributed by atoms with van der Waals surface area (Å²) in [4.78, 5) is 25.6. The van der Waals surface area contributed by atoms with Crippen LogP contribution >= 0.6 is 11.6 Å². The summed E-state index contributed by atoms with van der Waals surface area (Å²) in [7, 11) is 2.77. The average Bonchev–Trinajstić information content (AvgIpc) is 2.62. The molecule has 1 aliphatic rings. The Kier molecular flexibility index (Phi) is 4.37. The number of carbonyl (C=O) groups is 2. The molecule has 128 valence electrons. The van der Waals surface area contributed by atoms with E-state index >= 15 is 0 Å². The number of allylic oxidation sites excluding steroid dienone is 2. The molecule has 0 unspecified atom stereocenters. The number of fused-ring (bicyclic) bond motifs is 1. The van der Waals surface area contributed by atoms with E-state index in [4.69, 9.17) is 25.8 Å². The van der Waals surface area contributed by atoms with Crippen LogP contribution in [0.25, 0.3) is 0 Å². The third-order valence-electron chi connectivity index (χ3n) is 3.67. The summed E-state index contributed by atoms with van der Waals surface area (Å²) in [5.74, 6) is -1.03. The van der Waals surface area contributed by atoms with Crippen molar-refractivity contribution in [2.45, 2.75) is 0 Å². The van der Waals surface area contributed by atoms with Crippen LogP contribution in [0.3, 0.4) is 0 Å². The monoisotopic (exact) mass is 360 g/mol. The van der Waals surface area contributed by atoms with Gasteiger partial charge in [0.1, 0.15) is 28.0 Å². The Morgan fingerprint density at radius 2 is 1.52 bits per heavy atom. The molecule has 3 rings (SSSR count). The van der Waals surface area contributed by atoms with Gasteiger partial charge in [0.25, 0.3) is 0 Å². The first-order valence-electron chi connectivity index (χ1n) is 7.19. The Morgan fingerprint density at radius 1 is 0.920 bits per heavy atom. The molecule has 0 spiro atoms. The fourth-order valence-electron chi connectivity index (χ4n) is 2.54. The van der Waals surface area contributed by atoms with Crippen LogP contribution in [-0.2, 0) is 0 Å². The van der Waals surface area contributed by atoms with Gasteiger partial charge >= 0.3 is 0 Å². The molecule has 0 amide bonds. The highest BCUT2D eigenvalue weighted by molar-refractivity contribution is 6.50. The molecule has 1 aliphatic carbocycles. The number of phenolic OH excluding ortho intramolecular Hbond substituents is 1. The number of hydrogen-bond donors (Lipinski definition) is 1. The van der Waals surface area contributed by atoms with Crippen LogP contribution in [0.4, 0.5) is 0 Å². The lowest BCUT2D eigenvalue weighted by molar-refractivity contribution is 0.0938. The van der Waals surface area contributed by atoms with Crippen molar-refractivity contribution in [2.24, 2.45) is 0 Å². The van der Waals surface area contributed by atoms with Gasteiger partial charge < -0.3 is 19.3 Å². The summed E-state index contributed by atoms with van der Waals surface area (Å²) in [6.07, 6.45) is 0. The molecule has 0 radical (unpaired) electrons. The van der Waals surface area contributed by atoms with Crippen molar-refractivity contribution in [3.8, 4) is 23.0 Å². The second-order valence-electron chi connectivity index (χ2n) is 5.12. The molecule has 2 aromatic rings. The van der Waals surface area contributed by atoms with Gasteiger partial charge in [0.2, 0.25) is 11.6 Å². The summed E-state index contributed by atoms with van der Waals surface area (Å²) < 4.78 is 15.8. The predicted molar refractivity (Wildman–Crippen MR) is 89.8 cm³/mol. The van der Waals surface area contributed by atoms with Gasteiger partial charge in [-0.05, 0) is 24.3 Å². The van der Waals surface area contributed by atoms with Gasteiger partial charge in [0.05, 0.1) is 25.3 Å². The van der Waals surface area contributed by atoms with Crippen molar-refractivity contribution >= 4 is 23.2 Å². The molecular weight excluding hydrogens is 348 g/mol. The van der Waals surface area contributed by atoms with E-state index in [9.17, 15) is 14.7 Å². The van der Waals surface area contributed by atoms with Crippen molar-refractivity contribution < 1.29 is 28.9 Å². The van der Waals surface area contributed by atoms with Gasteiger partial charge in [0.15, 0.2) is 5.76 Å². The second kappa shape index (κ2) is 6.49. The first-order valence-corrected chi connectivity index (χ1v) is 7.56. The molecule has 7 heteroatoms. The fraction of sp³-hybridized carbons (Fsp3) is 0.111. The lowest BCUT2D eigenvalue weighted by Crippen LogP contribution is -2.24. The van der Waals surface area contributed by atoms with Gasteiger partial charge in [0, 0.05) is 6.07 Å². The molecule has 0 saturated heterocycles. The minimum absolute atomic E-state index is 0.0198. The highest BCUT2D eigenvalue weighted by atomic mass is 35.5. The van der Waals surface area contributed by atoms with Crippen molar-refractivity contribution in [2.75, 3.05) is 14.2 Å². The van der Waals surface area contributed by atoms with Gasteiger partial charge in [-0.1, -0.05) is 17.7 Å². The highest BCUT2D eigenvalue weighted by Gasteiger charge is 2.38. The van der Waals surface area contributed by atoms with E-state index in [-0.39, 0.29) is 44.9 Å². The summed E-state index contributed by atoms with van der Waals surface area (Å²) in [5.41, 5.74) is 0.0477. The standard InChI is InChI=1S/C18H13ClO6/c1-23-11-6-7-12(24-2)14-13(11)16(21)15(19)18(17(14)22)25-10-5-3-4-9(20)8-10/h3-8,20H,1-2H3. The van der Waals surface area contributed by atoms with E-state index in [0.717, 1.165) is 0 Å². The zero-order chi connectivity index (χ0) is 18.1. The predicted octanol–water partition coefficient (Wildman–Crippen LogP) is 3.32. The zero-order valence-electron chi connectivity index (χ0n) is 13.3. The lowest BCUT2D eigenvalue weighted by Gasteiger charge is -2.21. The van der Waals surface area contributed by atoms with Gasteiger partial charge in [-0.15, -0.1) is 0 Å². The van der Waals surface area contributed by atoms with Crippen LogP contribution in [0, 0.1) is 0 Å². The van der Waals surface area contributed by atoms with Gasteiger partial charge in [-0.3, -0.25) is 9.59 Å². The van der Waals surface area contributed by atoms with E-state index < -0.39 is 11.6 Å². The number of ketones is 2. The quantitative estimate of drug-likeness (QED) is 0.900. The third-order valence-corrected chi connectivity index (χ3v) is 4.01. The number of ether oxygens (including phenoxy) is 3. The molecule has 0 bridgehead atoms. The normalized spacial score (nSPS) is 13.6. The van der Waals surface area contributed by atoms with E-state index in [2.05, 4.69) is 0 Å². The Labute approximate surface area is 148 Å². The molecule has 0 aliphatic heterocycles. The number of methoxy groups -OCH3 is 2. The van der Waals surface area contributed by atoms with Crippen LogP contribution in [-0.4, -0.2) is 30.9 Å². The first kappa shape index (κ1) is 16.9. The van der Waals surface area contributed by atoms with E-state index in [0.29, 0.717) is 0 Å². The number of carbonyl (C=O) groups excluding carboxylic acids is 2. The minimum atomic E-state index is -0.612. The average molecular weight is 361 g/mol. The molecule has 2 aromatic carbocycles.